The Hall–Kier alpha value is -1.10. The quantitative estimate of drug-likeness (QED) is 0.868. The van der Waals surface area contributed by atoms with Crippen molar-refractivity contribution in [2.24, 2.45) is 5.73 Å². The molecule has 0 saturated heterocycles. The van der Waals surface area contributed by atoms with E-state index in [1.807, 2.05) is 12.1 Å². The van der Waals surface area contributed by atoms with E-state index in [0.717, 1.165) is 5.56 Å². The lowest BCUT2D eigenvalue weighted by atomic mass is 9.90. The summed E-state index contributed by atoms with van der Waals surface area (Å²) in [5.74, 6) is 0.848. The zero-order valence-electron chi connectivity index (χ0n) is 11.7. The molecule has 20 heavy (non-hydrogen) atoms. The van der Waals surface area contributed by atoms with Gasteiger partial charge in [-0.05, 0) is 45.1 Å². The highest BCUT2D eigenvalue weighted by Crippen LogP contribution is 2.32. The first-order valence-electron chi connectivity index (χ1n) is 6.76. The van der Waals surface area contributed by atoms with Gasteiger partial charge in [0.1, 0.15) is 11.9 Å². The Bertz CT molecular complexity index is 548. The lowest BCUT2D eigenvalue weighted by molar-refractivity contribution is 0.120. The van der Waals surface area contributed by atoms with Gasteiger partial charge in [0, 0.05) is 12.5 Å². The minimum absolute atomic E-state index is 0.172. The van der Waals surface area contributed by atoms with E-state index in [0.29, 0.717) is 22.9 Å². The van der Waals surface area contributed by atoms with Crippen LogP contribution in [0.1, 0.15) is 48.7 Å². The van der Waals surface area contributed by atoms with Gasteiger partial charge in [-0.2, -0.15) is 0 Å². The van der Waals surface area contributed by atoms with E-state index in [4.69, 9.17) is 10.2 Å². The van der Waals surface area contributed by atoms with Crippen LogP contribution in [0.3, 0.4) is 0 Å². The van der Waals surface area contributed by atoms with E-state index >= 15 is 0 Å². The van der Waals surface area contributed by atoms with Crippen LogP contribution in [-0.2, 0) is 0 Å². The van der Waals surface area contributed by atoms with Crippen molar-refractivity contribution in [1.29, 1.82) is 0 Å². The van der Waals surface area contributed by atoms with Crippen LogP contribution in [-0.4, -0.2) is 11.7 Å². The standard InChI is InChI=1S/C16H20BrNO2/c1-10(2)11-3-5-12(6-4-11)13(9-18)16(19)14-7-8-15(17)20-14/h3-8,10,13,16,19H,9,18H2,1-2H3. The second-order valence-corrected chi connectivity index (χ2v) is 6.03. The molecule has 2 aromatic rings. The molecule has 3 N–H and O–H groups in total. The number of hydrogen-bond donors (Lipinski definition) is 2. The van der Waals surface area contributed by atoms with Crippen LogP contribution in [0.4, 0.5) is 0 Å². The number of aliphatic hydroxyl groups is 1. The number of nitrogens with two attached hydrogens (primary N) is 1. The van der Waals surface area contributed by atoms with Crippen molar-refractivity contribution in [3.8, 4) is 0 Å². The monoisotopic (exact) mass is 337 g/mol. The summed E-state index contributed by atoms with van der Waals surface area (Å²) in [6, 6.07) is 11.8. The van der Waals surface area contributed by atoms with Gasteiger partial charge in [-0.3, -0.25) is 0 Å². The molecule has 0 bridgehead atoms. The molecule has 0 aliphatic heterocycles. The number of hydrogen-bond acceptors (Lipinski definition) is 3. The molecule has 0 aliphatic carbocycles. The molecular weight excluding hydrogens is 318 g/mol. The first kappa shape index (κ1) is 15.3. The zero-order chi connectivity index (χ0) is 14.7. The van der Waals surface area contributed by atoms with Crippen LogP contribution < -0.4 is 5.73 Å². The summed E-state index contributed by atoms with van der Waals surface area (Å²) in [5, 5.41) is 10.4. The van der Waals surface area contributed by atoms with Crippen molar-refractivity contribution in [3.05, 3.63) is 58.0 Å². The molecule has 0 spiro atoms. The average Bonchev–Trinajstić information content (AvgIpc) is 2.86. The number of furan rings is 1. The maximum absolute atomic E-state index is 10.4. The molecule has 1 aromatic carbocycles. The highest BCUT2D eigenvalue weighted by Gasteiger charge is 2.24. The Morgan fingerprint density at radius 2 is 1.70 bits per heavy atom. The third-order valence-electron chi connectivity index (χ3n) is 3.55. The number of halogens is 1. The van der Waals surface area contributed by atoms with Crippen molar-refractivity contribution >= 4 is 15.9 Å². The fraction of sp³-hybridized carbons (Fsp3) is 0.375. The van der Waals surface area contributed by atoms with Gasteiger partial charge >= 0.3 is 0 Å². The van der Waals surface area contributed by atoms with Crippen molar-refractivity contribution in [3.63, 3.8) is 0 Å². The topological polar surface area (TPSA) is 59.4 Å². The molecule has 2 unspecified atom stereocenters. The highest BCUT2D eigenvalue weighted by atomic mass is 79.9. The van der Waals surface area contributed by atoms with Gasteiger partial charge in [0.15, 0.2) is 4.67 Å². The van der Waals surface area contributed by atoms with Crippen LogP contribution in [0.2, 0.25) is 0 Å². The predicted molar refractivity (Wildman–Crippen MR) is 83.7 cm³/mol. The smallest absolute Gasteiger partial charge is 0.169 e. The van der Waals surface area contributed by atoms with Gasteiger partial charge in [0.2, 0.25) is 0 Å². The van der Waals surface area contributed by atoms with E-state index in [-0.39, 0.29) is 5.92 Å². The molecule has 2 atom stereocenters. The molecule has 0 fully saturated rings. The second kappa shape index (κ2) is 6.57. The van der Waals surface area contributed by atoms with Gasteiger partial charge in [0.05, 0.1) is 0 Å². The summed E-state index contributed by atoms with van der Waals surface area (Å²) in [6.07, 6.45) is -0.740. The summed E-state index contributed by atoms with van der Waals surface area (Å²) < 4.78 is 6.03. The maximum Gasteiger partial charge on any atom is 0.169 e. The summed E-state index contributed by atoms with van der Waals surface area (Å²) >= 11 is 3.24. The molecule has 0 amide bonds. The van der Waals surface area contributed by atoms with E-state index in [2.05, 4.69) is 41.9 Å². The summed E-state index contributed by atoms with van der Waals surface area (Å²) in [5.41, 5.74) is 8.14. The molecule has 108 valence electrons. The van der Waals surface area contributed by atoms with Crippen LogP contribution in [0, 0.1) is 0 Å². The fourth-order valence-corrected chi connectivity index (χ4v) is 2.58. The number of rotatable bonds is 5. The van der Waals surface area contributed by atoms with Gasteiger partial charge < -0.3 is 15.3 Å². The van der Waals surface area contributed by atoms with E-state index in [9.17, 15) is 5.11 Å². The highest BCUT2D eigenvalue weighted by molar-refractivity contribution is 9.10. The van der Waals surface area contributed by atoms with Gasteiger partial charge in [-0.25, -0.2) is 0 Å². The van der Waals surface area contributed by atoms with Gasteiger partial charge in [-0.15, -0.1) is 0 Å². The molecular formula is C16H20BrNO2. The first-order chi connectivity index (χ1) is 9.52. The molecule has 0 aliphatic rings. The largest absolute Gasteiger partial charge is 0.452 e. The third-order valence-corrected chi connectivity index (χ3v) is 3.98. The van der Waals surface area contributed by atoms with Gasteiger partial charge in [-0.1, -0.05) is 38.1 Å². The van der Waals surface area contributed by atoms with Crippen LogP contribution >= 0.6 is 15.9 Å². The van der Waals surface area contributed by atoms with Crippen molar-refractivity contribution in [2.75, 3.05) is 6.54 Å². The Balaban J connectivity index is 2.23. The first-order valence-corrected chi connectivity index (χ1v) is 7.55. The molecule has 4 heteroatoms. The van der Waals surface area contributed by atoms with Crippen LogP contribution in [0.25, 0.3) is 0 Å². The zero-order valence-corrected chi connectivity index (χ0v) is 13.3. The Morgan fingerprint density at radius 3 is 2.15 bits per heavy atom. The van der Waals surface area contributed by atoms with E-state index in [1.165, 1.54) is 5.56 Å². The van der Waals surface area contributed by atoms with Crippen molar-refractivity contribution < 1.29 is 9.52 Å². The normalized spacial score (nSPS) is 14.5. The number of benzene rings is 1. The Labute approximate surface area is 127 Å². The number of aliphatic hydroxyl groups excluding tert-OH is 1. The summed E-state index contributed by atoms with van der Waals surface area (Å²) in [7, 11) is 0. The molecule has 1 heterocycles. The fourth-order valence-electron chi connectivity index (χ4n) is 2.26. The predicted octanol–water partition coefficient (Wildman–Crippen LogP) is 3.94. The average molecular weight is 338 g/mol. The lowest BCUT2D eigenvalue weighted by Crippen LogP contribution is -2.19. The Morgan fingerprint density at radius 1 is 1.10 bits per heavy atom. The molecule has 0 saturated carbocycles. The Kier molecular flexibility index (Phi) is 5.02. The minimum atomic E-state index is -0.740. The SMILES string of the molecule is CC(C)c1ccc(C(CN)C(O)c2ccc(Br)o2)cc1. The molecule has 1 aromatic heterocycles. The molecule has 2 rings (SSSR count). The van der Waals surface area contributed by atoms with Crippen LogP contribution in [0.15, 0.2) is 45.5 Å². The van der Waals surface area contributed by atoms with Gasteiger partial charge in [0.25, 0.3) is 0 Å². The van der Waals surface area contributed by atoms with E-state index < -0.39 is 6.10 Å². The summed E-state index contributed by atoms with van der Waals surface area (Å²) in [6.45, 7) is 4.68. The molecule has 3 nitrogen and oxygen atoms in total. The third kappa shape index (κ3) is 3.32. The lowest BCUT2D eigenvalue weighted by Gasteiger charge is -2.20. The molecule has 0 radical (unpaired) electrons. The summed E-state index contributed by atoms with van der Waals surface area (Å²) in [4.78, 5) is 0. The van der Waals surface area contributed by atoms with Crippen LogP contribution in [0.5, 0.6) is 0 Å². The maximum atomic E-state index is 10.4. The second-order valence-electron chi connectivity index (χ2n) is 5.25. The minimum Gasteiger partial charge on any atom is -0.452 e. The van der Waals surface area contributed by atoms with E-state index in [1.54, 1.807) is 12.1 Å². The van der Waals surface area contributed by atoms with Crippen molar-refractivity contribution in [1.82, 2.24) is 0 Å². The van der Waals surface area contributed by atoms with Crippen molar-refractivity contribution in [2.45, 2.75) is 31.8 Å².